The number of amides is 1. The molecule has 1 amide bonds. The summed E-state index contributed by atoms with van der Waals surface area (Å²) in [4.78, 5) is 12.3. The van der Waals surface area contributed by atoms with Crippen molar-refractivity contribution in [2.45, 2.75) is 31.5 Å². The monoisotopic (exact) mass is 349 g/mol. The number of carbonyl (C=O) groups excluding carboxylic acids is 1. The molecule has 3 rings (SSSR count). The van der Waals surface area contributed by atoms with Crippen LogP contribution in [-0.2, 0) is 31.8 Å². The molecule has 6 heteroatoms. The lowest BCUT2D eigenvalue weighted by Gasteiger charge is -2.36. The Morgan fingerprint density at radius 2 is 2.16 bits per heavy atom. The Hall–Kier alpha value is -1.63. The van der Waals surface area contributed by atoms with Gasteiger partial charge in [0.05, 0.1) is 32.3 Å². The van der Waals surface area contributed by atoms with E-state index in [2.05, 4.69) is 11.4 Å². The van der Waals surface area contributed by atoms with E-state index in [1.54, 1.807) is 14.2 Å². The lowest BCUT2D eigenvalue weighted by Crippen LogP contribution is -2.50. The second-order valence-electron chi connectivity index (χ2n) is 6.65. The van der Waals surface area contributed by atoms with Crippen LogP contribution in [0.1, 0.15) is 17.5 Å². The smallest absolute Gasteiger partial charge is 0.224 e. The number of carbonyl (C=O) groups is 1. The van der Waals surface area contributed by atoms with Gasteiger partial charge in [0.15, 0.2) is 0 Å². The fourth-order valence-electron chi connectivity index (χ4n) is 3.57. The molecule has 0 saturated carbocycles. The van der Waals surface area contributed by atoms with Gasteiger partial charge in [0.25, 0.3) is 0 Å². The standard InChI is InChI=1S/C19H27NO5/c1-22-17-12-24-11-15(19(17)23-2)10-20-18(21)9-13-5-6-16-14(8-13)4-3-7-25-16/h5-6,8,15,17,19H,3-4,7,9-12H2,1-2H3,(H,20,21)/t15-,17-,19+/m1/s1. The average Bonchev–Trinajstić information content (AvgIpc) is 2.65. The molecule has 3 atom stereocenters. The van der Waals surface area contributed by atoms with Crippen molar-refractivity contribution >= 4 is 5.91 Å². The maximum atomic E-state index is 12.3. The van der Waals surface area contributed by atoms with E-state index < -0.39 is 0 Å². The first-order valence-electron chi connectivity index (χ1n) is 8.86. The number of hydrogen-bond acceptors (Lipinski definition) is 5. The van der Waals surface area contributed by atoms with Crippen LogP contribution in [0.2, 0.25) is 0 Å². The minimum atomic E-state index is -0.0960. The molecular formula is C19H27NO5. The predicted molar refractivity (Wildman–Crippen MR) is 92.9 cm³/mol. The first-order valence-corrected chi connectivity index (χ1v) is 8.86. The van der Waals surface area contributed by atoms with E-state index in [-0.39, 0.29) is 24.0 Å². The number of fused-ring (bicyclic) bond motifs is 1. The summed E-state index contributed by atoms with van der Waals surface area (Å²) in [5.74, 6) is 1.04. The zero-order valence-corrected chi connectivity index (χ0v) is 15.0. The van der Waals surface area contributed by atoms with Gasteiger partial charge in [0.2, 0.25) is 5.91 Å². The fraction of sp³-hybridized carbons (Fsp3) is 0.632. The number of hydrogen-bond donors (Lipinski definition) is 1. The van der Waals surface area contributed by atoms with Gasteiger partial charge in [-0.25, -0.2) is 0 Å². The molecule has 0 spiro atoms. The normalized spacial score (nSPS) is 25.8. The molecule has 138 valence electrons. The molecule has 2 aliphatic heterocycles. The minimum Gasteiger partial charge on any atom is -0.493 e. The average molecular weight is 349 g/mol. The summed E-state index contributed by atoms with van der Waals surface area (Å²) in [5, 5.41) is 3.00. The molecule has 1 aromatic carbocycles. The molecule has 6 nitrogen and oxygen atoms in total. The van der Waals surface area contributed by atoms with Crippen LogP contribution >= 0.6 is 0 Å². The van der Waals surface area contributed by atoms with E-state index in [4.69, 9.17) is 18.9 Å². The summed E-state index contributed by atoms with van der Waals surface area (Å²) in [6.45, 7) is 2.39. The van der Waals surface area contributed by atoms with Crippen molar-refractivity contribution in [1.29, 1.82) is 0 Å². The Balaban J connectivity index is 1.52. The second-order valence-corrected chi connectivity index (χ2v) is 6.65. The number of rotatable bonds is 6. The van der Waals surface area contributed by atoms with Gasteiger partial charge in [0.1, 0.15) is 11.9 Å². The Labute approximate surface area is 148 Å². The molecule has 1 aromatic rings. The minimum absolute atomic E-state index is 0.00562. The summed E-state index contributed by atoms with van der Waals surface area (Å²) < 4.78 is 22.1. The van der Waals surface area contributed by atoms with E-state index in [1.807, 2.05) is 12.1 Å². The molecule has 0 aromatic heterocycles. The predicted octanol–water partition coefficient (Wildman–Crippen LogP) is 1.35. The molecule has 0 unspecified atom stereocenters. The van der Waals surface area contributed by atoms with Crippen LogP contribution in [0, 0.1) is 5.92 Å². The van der Waals surface area contributed by atoms with Crippen LogP contribution in [0.5, 0.6) is 5.75 Å². The highest BCUT2D eigenvalue weighted by Crippen LogP contribution is 2.25. The highest BCUT2D eigenvalue weighted by atomic mass is 16.6. The topological polar surface area (TPSA) is 66.0 Å². The van der Waals surface area contributed by atoms with E-state index in [0.717, 1.165) is 30.8 Å². The number of aryl methyl sites for hydroxylation is 1. The quantitative estimate of drug-likeness (QED) is 0.840. The number of benzene rings is 1. The zero-order chi connectivity index (χ0) is 17.6. The molecule has 0 aliphatic carbocycles. The highest BCUT2D eigenvalue weighted by Gasteiger charge is 2.34. The molecule has 0 bridgehead atoms. The Kier molecular flexibility index (Phi) is 6.29. The van der Waals surface area contributed by atoms with Crippen LogP contribution in [0.4, 0.5) is 0 Å². The Morgan fingerprint density at radius 1 is 1.28 bits per heavy atom. The molecule has 0 radical (unpaired) electrons. The number of methoxy groups -OCH3 is 2. The van der Waals surface area contributed by atoms with Gasteiger partial charge in [-0.15, -0.1) is 0 Å². The van der Waals surface area contributed by atoms with Crippen molar-refractivity contribution in [2.75, 3.05) is 40.6 Å². The van der Waals surface area contributed by atoms with Gasteiger partial charge in [-0.2, -0.15) is 0 Å². The van der Waals surface area contributed by atoms with Gasteiger partial charge >= 0.3 is 0 Å². The van der Waals surface area contributed by atoms with Crippen LogP contribution < -0.4 is 10.1 Å². The van der Waals surface area contributed by atoms with Crippen LogP contribution in [0.15, 0.2) is 18.2 Å². The van der Waals surface area contributed by atoms with E-state index in [9.17, 15) is 4.79 Å². The third kappa shape index (κ3) is 4.51. The molecule has 2 aliphatic rings. The zero-order valence-electron chi connectivity index (χ0n) is 15.0. The third-order valence-electron chi connectivity index (χ3n) is 4.92. The third-order valence-corrected chi connectivity index (χ3v) is 4.92. The van der Waals surface area contributed by atoms with Crippen molar-refractivity contribution in [2.24, 2.45) is 5.92 Å². The Morgan fingerprint density at radius 3 is 2.96 bits per heavy atom. The van der Waals surface area contributed by atoms with E-state index in [0.29, 0.717) is 26.2 Å². The lowest BCUT2D eigenvalue weighted by atomic mass is 9.96. The van der Waals surface area contributed by atoms with E-state index in [1.165, 1.54) is 5.56 Å². The molecule has 25 heavy (non-hydrogen) atoms. The van der Waals surface area contributed by atoms with Crippen molar-refractivity contribution in [1.82, 2.24) is 5.32 Å². The summed E-state index contributed by atoms with van der Waals surface area (Å²) in [7, 11) is 3.33. The fourth-order valence-corrected chi connectivity index (χ4v) is 3.57. The van der Waals surface area contributed by atoms with Gasteiger partial charge in [-0.3, -0.25) is 4.79 Å². The lowest BCUT2D eigenvalue weighted by molar-refractivity contribution is -0.147. The molecule has 1 N–H and O–H groups in total. The first-order chi connectivity index (χ1) is 12.2. The maximum absolute atomic E-state index is 12.3. The van der Waals surface area contributed by atoms with Crippen molar-refractivity contribution in [3.63, 3.8) is 0 Å². The molecular weight excluding hydrogens is 322 g/mol. The highest BCUT2D eigenvalue weighted by molar-refractivity contribution is 5.78. The summed E-state index contributed by atoms with van der Waals surface area (Å²) in [6, 6.07) is 6.01. The molecule has 1 fully saturated rings. The first kappa shape index (κ1) is 18.2. The van der Waals surface area contributed by atoms with Gasteiger partial charge in [-0.05, 0) is 30.0 Å². The number of ether oxygens (including phenoxy) is 4. The van der Waals surface area contributed by atoms with Gasteiger partial charge in [-0.1, -0.05) is 12.1 Å². The summed E-state index contributed by atoms with van der Waals surface area (Å²) in [6.07, 6.45) is 2.24. The largest absolute Gasteiger partial charge is 0.493 e. The summed E-state index contributed by atoms with van der Waals surface area (Å²) >= 11 is 0. The van der Waals surface area contributed by atoms with Crippen molar-refractivity contribution < 1.29 is 23.7 Å². The number of nitrogens with one attached hydrogen (secondary N) is 1. The van der Waals surface area contributed by atoms with Crippen molar-refractivity contribution in [3.8, 4) is 5.75 Å². The van der Waals surface area contributed by atoms with Gasteiger partial charge in [0, 0.05) is 26.7 Å². The second kappa shape index (κ2) is 8.65. The van der Waals surface area contributed by atoms with Gasteiger partial charge < -0.3 is 24.3 Å². The summed E-state index contributed by atoms with van der Waals surface area (Å²) in [5.41, 5.74) is 2.21. The van der Waals surface area contributed by atoms with Crippen LogP contribution in [-0.4, -0.2) is 58.7 Å². The van der Waals surface area contributed by atoms with E-state index >= 15 is 0 Å². The van der Waals surface area contributed by atoms with Crippen molar-refractivity contribution in [3.05, 3.63) is 29.3 Å². The van der Waals surface area contributed by atoms with Crippen LogP contribution in [0.3, 0.4) is 0 Å². The maximum Gasteiger partial charge on any atom is 0.224 e. The Bertz CT molecular complexity index is 591. The SMILES string of the molecule is CO[C@H]1[C@H](CNC(=O)Cc2ccc3c(c2)CCCO3)COC[C@H]1OC. The molecule has 1 saturated heterocycles. The molecule has 2 heterocycles. The van der Waals surface area contributed by atoms with Crippen LogP contribution in [0.25, 0.3) is 0 Å².